The van der Waals surface area contributed by atoms with E-state index in [-0.39, 0.29) is 43.8 Å². The number of carbonyl (C=O) groups excluding carboxylic acids is 2. The molecule has 0 aromatic carbocycles. The molecule has 0 amide bonds. The van der Waals surface area contributed by atoms with Crippen LogP contribution in [-0.2, 0) is 59.5 Å². The van der Waals surface area contributed by atoms with E-state index >= 15 is 0 Å². The maximum atomic E-state index is 13.0. The zero-order valence-electron chi connectivity index (χ0n) is 24.2. The van der Waals surface area contributed by atoms with Gasteiger partial charge in [-0.2, -0.15) is 33.7 Å². The van der Waals surface area contributed by atoms with Crippen LogP contribution in [0.4, 0.5) is 0 Å². The molecule has 0 aromatic rings. The molecule has 240 valence electrons. The van der Waals surface area contributed by atoms with Crippen molar-refractivity contribution < 1.29 is 102 Å². The number of ether oxygens (including phenoxy) is 2. The van der Waals surface area contributed by atoms with E-state index < -0.39 is 73.8 Å². The van der Waals surface area contributed by atoms with E-state index in [1.165, 1.54) is 0 Å². The van der Waals surface area contributed by atoms with Crippen LogP contribution in [0.1, 0.15) is 92.3 Å². The minimum Gasteiger partial charge on any atom is -1.00 e. The number of unbranched alkanes of at least 4 members (excludes halogenated alkanes) is 10. The van der Waals surface area contributed by atoms with Crippen LogP contribution < -0.4 is 29.6 Å². The summed E-state index contributed by atoms with van der Waals surface area (Å²) in [5.41, 5.74) is 0. The largest absolute Gasteiger partial charge is 1.00 e. The van der Waals surface area contributed by atoms with Gasteiger partial charge in [0.15, 0.2) is 0 Å². The molecule has 0 rings (SSSR count). The van der Waals surface area contributed by atoms with E-state index in [0.717, 1.165) is 38.5 Å². The average Bonchev–Trinajstić information content (AvgIpc) is 2.77. The zero-order valence-corrected chi connectivity index (χ0v) is 28.5. The van der Waals surface area contributed by atoms with Gasteiger partial charge in [-0.3, -0.25) is 18.2 Å². The van der Waals surface area contributed by atoms with Crippen molar-refractivity contribution in [3.8, 4) is 0 Å². The molecule has 0 atom stereocenters. The summed E-state index contributed by atoms with van der Waals surface area (Å²) in [4.78, 5) is 25.9. The Labute approximate surface area is 265 Å². The minimum atomic E-state index is -7.14. The Morgan fingerprint density at radius 2 is 0.732 bits per heavy atom. The summed E-state index contributed by atoms with van der Waals surface area (Å²) < 4.78 is 136. The number of carbonyl (C=O) groups is 2. The first-order valence-electron chi connectivity index (χ1n) is 12.4. The summed E-state index contributed by atoms with van der Waals surface area (Å²) in [6, 6.07) is 0. The normalized spacial score (nSPS) is 13.3. The van der Waals surface area contributed by atoms with Gasteiger partial charge in [0.2, 0.25) is 0 Å². The van der Waals surface area contributed by atoms with Gasteiger partial charge in [0, 0.05) is 0 Å². The fourth-order valence-corrected chi connectivity index (χ4v) is 11.3. The first-order valence-corrected chi connectivity index (χ1v) is 18.2. The second-order valence-corrected chi connectivity index (χ2v) is 15.7. The maximum absolute atomic E-state index is 13.0. The molecular formula is C20H39NaO16S4. The van der Waals surface area contributed by atoms with Gasteiger partial charge in [-0.25, -0.2) is 9.59 Å². The van der Waals surface area contributed by atoms with Gasteiger partial charge in [0.1, 0.15) is 0 Å². The summed E-state index contributed by atoms with van der Waals surface area (Å²) in [5, 5.41) is 0. The fraction of sp³-hybridized carbons (Fsp3) is 0.900. The quantitative estimate of drug-likeness (QED) is 0.0480. The van der Waals surface area contributed by atoms with E-state index in [1.54, 1.807) is 0 Å². The van der Waals surface area contributed by atoms with Crippen LogP contribution in [0.15, 0.2) is 0 Å². The molecule has 21 heteroatoms. The standard InChI is InChI=1S/C20H38O16S4.Na.H/c1-3-5-7-9-11-13-15-35-17(21)19(37(23,24)25,38(26,27)28)20(39(29,30)31,40(32,33)34)18(22)36-16-14-12-10-8-6-4-2;;/h3-16H2,1-2H3,(H,23,24,25)(H,26,27,28)(H,29,30,31)(H,32,33,34);;/q;+1;-1. The van der Waals surface area contributed by atoms with Gasteiger partial charge in [-0.15, -0.1) is 0 Å². The predicted molar refractivity (Wildman–Crippen MR) is 141 cm³/mol. The van der Waals surface area contributed by atoms with Crippen LogP contribution in [0.3, 0.4) is 0 Å². The predicted octanol–water partition coefficient (Wildman–Crippen LogP) is -1.15. The molecule has 0 radical (unpaired) electrons. The van der Waals surface area contributed by atoms with Gasteiger partial charge in [-0.1, -0.05) is 78.1 Å². The zero-order chi connectivity index (χ0) is 31.5. The molecule has 0 aromatic heterocycles. The molecule has 4 N–H and O–H groups in total. The monoisotopic (exact) mass is 686 g/mol. The molecule has 0 heterocycles. The molecule has 0 saturated carbocycles. The summed E-state index contributed by atoms with van der Waals surface area (Å²) >= 11 is 0. The average molecular weight is 687 g/mol. The Balaban J connectivity index is -0.00000760. The first kappa shape index (κ1) is 42.7. The van der Waals surface area contributed by atoms with Crippen molar-refractivity contribution in [2.75, 3.05) is 13.2 Å². The summed E-state index contributed by atoms with van der Waals surface area (Å²) in [7, 11) is -28.6. The second-order valence-electron chi connectivity index (χ2n) is 8.94. The number of hydrogen-bond donors (Lipinski definition) is 4. The van der Waals surface area contributed by atoms with Crippen molar-refractivity contribution in [2.45, 2.75) is 99.1 Å². The number of esters is 2. The van der Waals surface area contributed by atoms with Gasteiger partial charge in [0.05, 0.1) is 13.2 Å². The third kappa shape index (κ3) is 10.0. The van der Waals surface area contributed by atoms with E-state index in [1.807, 2.05) is 13.8 Å². The molecule has 0 spiro atoms. The molecule has 0 aliphatic heterocycles. The van der Waals surface area contributed by atoms with Crippen molar-refractivity contribution in [2.24, 2.45) is 0 Å². The van der Waals surface area contributed by atoms with Gasteiger partial charge in [0.25, 0.3) is 0 Å². The Hall–Kier alpha value is -0.420. The van der Waals surface area contributed by atoms with Crippen molar-refractivity contribution in [3.05, 3.63) is 0 Å². The van der Waals surface area contributed by atoms with Crippen molar-refractivity contribution in [1.82, 2.24) is 0 Å². The van der Waals surface area contributed by atoms with Crippen LogP contribution in [0.2, 0.25) is 0 Å². The second kappa shape index (κ2) is 17.8. The summed E-state index contributed by atoms with van der Waals surface area (Å²) in [5.74, 6) is -6.03. The van der Waals surface area contributed by atoms with E-state index in [0.29, 0.717) is 25.7 Å². The van der Waals surface area contributed by atoms with E-state index in [4.69, 9.17) is 0 Å². The minimum absolute atomic E-state index is 0. The number of hydrogen-bond acceptors (Lipinski definition) is 12. The Kier molecular flexibility index (Phi) is 18.5. The van der Waals surface area contributed by atoms with Gasteiger partial charge in [-0.05, 0) is 12.8 Å². The number of rotatable bonds is 21. The molecule has 16 nitrogen and oxygen atoms in total. The SMILES string of the molecule is CCCCCCCCOC(=O)C(C(C(=O)OCCCCCCCC)(S(=O)(=O)O)S(=O)(=O)O)(S(=O)(=O)O)S(=O)(=O)O.[H-].[Na+]. The molecule has 0 aliphatic carbocycles. The van der Waals surface area contributed by atoms with Crippen molar-refractivity contribution in [1.29, 1.82) is 0 Å². The van der Waals surface area contributed by atoms with Crippen molar-refractivity contribution in [3.63, 3.8) is 0 Å². The molecule has 0 aliphatic rings. The molecule has 0 fully saturated rings. The summed E-state index contributed by atoms with van der Waals surface area (Å²) in [6.07, 6.45) is 6.28. The van der Waals surface area contributed by atoms with E-state index in [2.05, 4.69) is 9.47 Å². The smallest absolute Gasteiger partial charge is 1.00 e. The van der Waals surface area contributed by atoms with Crippen LogP contribution in [0.5, 0.6) is 0 Å². The van der Waals surface area contributed by atoms with Gasteiger partial charge < -0.3 is 10.9 Å². The van der Waals surface area contributed by atoms with E-state index in [9.17, 15) is 61.5 Å². The topological polar surface area (TPSA) is 270 Å². The van der Waals surface area contributed by atoms with Crippen LogP contribution in [0.25, 0.3) is 0 Å². The Morgan fingerprint density at radius 1 is 0.512 bits per heavy atom. The molecule has 41 heavy (non-hydrogen) atoms. The molecule has 0 bridgehead atoms. The molecule has 0 saturated heterocycles. The Morgan fingerprint density at radius 3 is 0.951 bits per heavy atom. The van der Waals surface area contributed by atoms with Crippen LogP contribution >= 0.6 is 0 Å². The Bertz CT molecular complexity index is 1120. The molecular weight excluding hydrogens is 647 g/mol. The molecule has 0 unspecified atom stereocenters. The van der Waals surface area contributed by atoms with Crippen molar-refractivity contribution >= 4 is 52.4 Å². The van der Waals surface area contributed by atoms with Crippen LogP contribution in [-0.4, -0.2) is 85.2 Å². The van der Waals surface area contributed by atoms with Gasteiger partial charge >= 0.3 is 90.1 Å². The summed E-state index contributed by atoms with van der Waals surface area (Å²) in [6.45, 7) is 2.00. The maximum Gasteiger partial charge on any atom is 1.00 e. The fourth-order valence-electron chi connectivity index (χ4n) is 3.92. The third-order valence-electron chi connectivity index (χ3n) is 5.89. The van der Waals surface area contributed by atoms with Crippen LogP contribution in [0, 0.1) is 0 Å². The first-order chi connectivity index (χ1) is 18.2. The third-order valence-corrected chi connectivity index (χ3v) is 13.7.